The first kappa shape index (κ1) is 11.7. The molecule has 2 aromatic rings. The largest absolute Gasteiger partial charge is 0.292 e. The number of Topliss-reactive ketones (excluding diaryl/α,β-unsaturated/α-hetero) is 1. The Morgan fingerprint density at radius 1 is 1.18 bits per heavy atom. The Hall–Kier alpha value is -1.77. The molecule has 3 nitrogen and oxygen atoms in total. The van der Waals surface area contributed by atoms with Gasteiger partial charge in [-0.1, -0.05) is 31.9 Å². The first-order chi connectivity index (χ1) is 8.31. The van der Waals surface area contributed by atoms with Gasteiger partial charge in [0.1, 0.15) is 5.69 Å². The van der Waals surface area contributed by atoms with Crippen LogP contribution in [0.2, 0.25) is 0 Å². The minimum absolute atomic E-state index is 0.0942. The molecule has 0 amide bonds. The van der Waals surface area contributed by atoms with Gasteiger partial charge >= 0.3 is 0 Å². The van der Waals surface area contributed by atoms with Crippen LogP contribution in [0.1, 0.15) is 43.1 Å². The molecule has 0 aliphatic rings. The second kappa shape index (κ2) is 5.53. The summed E-state index contributed by atoms with van der Waals surface area (Å²) in [7, 11) is 0. The highest BCUT2D eigenvalue weighted by Crippen LogP contribution is 2.11. The van der Waals surface area contributed by atoms with E-state index in [9.17, 15) is 4.79 Å². The number of para-hydroxylation sites is 2. The molecule has 0 radical (unpaired) electrons. The normalized spacial score (nSPS) is 10.6. The van der Waals surface area contributed by atoms with Crippen molar-refractivity contribution in [3.8, 4) is 0 Å². The van der Waals surface area contributed by atoms with Crippen molar-refractivity contribution in [2.75, 3.05) is 0 Å². The van der Waals surface area contributed by atoms with Crippen LogP contribution in [0.3, 0.4) is 0 Å². The third-order valence-corrected chi connectivity index (χ3v) is 2.74. The zero-order valence-corrected chi connectivity index (χ0v) is 10.0. The predicted molar refractivity (Wildman–Crippen MR) is 68.0 cm³/mol. The number of ketones is 1. The summed E-state index contributed by atoms with van der Waals surface area (Å²) in [4.78, 5) is 20.4. The lowest BCUT2D eigenvalue weighted by Crippen LogP contribution is -2.03. The van der Waals surface area contributed by atoms with E-state index in [0.717, 1.165) is 30.3 Å². The predicted octanol–water partition coefficient (Wildman–Crippen LogP) is 3.39. The Kier molecular flexibility index (Phi) is 3.81. The second-order valence-corrected chi connectivity index (χ2v) is 4.12. The van der Waals surface area contributed by atoms with E-state index >= 15 is 0 Å². The monoisotopic (exact) mass is 228 g/mol. The molecule has 1 heterocycles. The fourth-order valence-electron chi connectivity index (χ4n) is 1.76. The van der Waals surface area contributed by atoms with Gasteiger partial charge in [-0.25, -0.2) is 4.98 Å². The molecule has 0 N–H and O–H groups in total. The molecule has 0 aliphatic heterocycles. The maximum Gasteiger partial charge on any atom is 0.182 e. The highest BCUT2D eigenvalue weighted by atomic mass is 16.1. The van der Waals surface area contributed by atoms with Crippen molar-refractivity contribution in [2.45, 2.75) is 32.6 Å². The highest BCUT2D eigenvalue weighted by molar-refractivity contribution is 5.95. The number of aromatic nitrogens is 2. The van der Waals surface area contributed by atoms with E-state index in [2.05, 4.69) is 16.9 Å². The van der Waals surface area contributed by atoms with Crippen molar-refractivity contribution in [1.29, 1.82) is 0 Å². The number of fused-ring (bicyclic) bond motifs is 1. The first-order valence-electron chi connectivity index (χ1n) is 6.06. The van der Waals surface area contributed by atoms with E-state index in [1.807, 2.05) is 24.3 Å². The molecule has 0 atom stereocenters. The summed E-state index contributed by atoms with van der Waals surface area (Å²) in [6, 6.07) is 7.60. The molecule has 0 saturated heterocycles. The fraction of sp³-hybridized carbons (Fsp3) is 0.357. The number of unbranched alkanes of at least 4 members (excludes halogenated alkanes) is 2. The van der Waals surface area contributed by atoms with Gasteiger partial charge in [-0.05, 0) is 18.6 Å². The topological polar surface area (TPSA) is 42.9 Å². The molecular weight excluding hydrogens is 212 g/mol. The minimum atomic E-state index is 0.0942. The van der Waals surface area contributed by atoms with Crippen LogP contribution < -0.4 is 0 Å². The van der Waals surface area contributed by atoms with E-state index in [4.69, 9.17) is 0 Å². The molecule has 0 fully saturated rings. The third-order valence-electron chi connectivity index (χ3n) is 2.74. The van der Waals surface area contributed by atoms with Crippen LogP contribution in [0.5, 0.6) is 0 Å². The molecule has 0 saturated carbocycles. The summed E-state index contributed by atoms with van der Waals surface area (Å²) in [5.74, 6) is 0.0942. The van der Waals surface area contributed by atoms with Gasteiger partial charge in [0.15, 0.2) is 5.78 Å². The van der Waals surface area contributed by atoms with Crippen molar-refractivity contribution >= 4 is 16.8 Å². The van der Waals surface area contributed by atoms with Gasteiger partial charge < -0.3 is 0 Å². The second-order valence-electron chi connectivity index (χ2n) is 4.12. The number of rotatable bonds is 5. The summed E-state index contributed by atoms with van der Waals surface area (Å²) in [6.07, 6.45) is 5.30. The Bertz CT molecular complexity index is 522. The molecule has 0 unspecified atom stereocenters. The first-order valence-corrected chi connectivity index (χ1v) is 6.06. The van der Waals surface area contributed by atoms with E-state index in [-0.39, 0.29) is 5.78 Å². The maximum absolute atomic E-state index is 11.9. The number of hydrogen-bond donors (Lipinski definition) is 0. The Labute approximate surface area is 101 Å². The van der Waals surface area contributed by atoms with Gasteiger partial charge in [0.25, 0.3) is 0 Å². The van der Waals surface area contributed by atoms with Gasteiger partial charge in [0.05, 0.1) is 17.2 Å². The number of benzene rings is 1. The minimum Gasteiger partial charge on any atom is -0.292 e. The standard InChI is InChI=1S/C14H16N2O/c1-2-3-4-9-14(17)13-10-15-11-7-5-6-8-12(11)16-13/h5-8,10H,2-4,9H2,1H3. The number of carbonyl (C=O) groups excluding carboxylic acids is 1. The number of hydrogen-bond acceptors (Lipinski definition) is 3. The molecule has 0 aliphatic carbocycles. The van der Waals surface area contributed by atoms with Crippen LogP contribution in [-0.4, -0.2) is 15.8 Å². The molecule has 2 rings (SSSR count). The molecule has 88 valence electrons. The van der Waals surface area contributed by atoms with E-state index < -0.39 is 0 Å². The van der Waals surface area contributed by atoms with Gasteiger partial charge in [0.2, 0.25) is 0 Å². The van der Waals surface area contributed by atoms with E-state index in [1.165, 1.54) is 0 Å². The Balaban J connectivity index is 2.15. The molecular formula is C14H16N2O. The maximum atomic E-state index is 11.9. The van der Waals surface area contributed by atoms with Crippen molar-refractivity contribution in [2.24, 2.45) is 0 Å². The Morgan fingerprint density at radius 2 is 1.94 bits per heavy atom. The Morgan fingerprint density at radius 3 is 2.71 bits per heavy atom. The van der Waals surface area contributed by atoms with E-state index in [0.29, 0.717) is 12.1 Å². The van der Waals surface area contributed by atoms with Gasteiger partial charge in [-0.3, -0.25) is 9.78 Å². The number of carbonyl (C=O) groups is 1. The van der Waals surface area contributed by atoms with Crippen LogP contribution in [0, 0.1) is 0 Å². The smallest absolute Gasteiger partial charge is 0.182 e. The van der Waals surface area contributed by atoms with Gasteiger partial charge in [0, 0.05) is 6.42 Å². The van der Waals surface area contributed by atoms with Gasteiger partial charge in [-0.2, -0.15) is 0 Å². The van der Waals surface area contributed by atoms with E-state index in [1.54, 1.807) is 6.20 Å². The molecule has 1 aromatic carbocycles. The average molecular weight is 228 g/mol. The lowest BCUT2D eigenvalue weighted by molar-refractivity contribution is 0.0974. The number of nitrogens with zero attached hydrogens (tertiary/aromatic N) is 2. The lowest BCUT2D eigenvalue weighted by atomic mass is 10.1. The van der Waals surface area contributed by atoms with Crippen molar-refractivity contribution in [3.05, 3.63) is 36.2 Å². The molecule has 3 heteroatoms. The summed E-state index contributed by atoms with van der Waals surface area (Å²) < 4.78 is 0. The molecule has 17 heavy (non-hydrogen) atoms. The zero-order valence-electron chi connectivity index (χ0n) is 10.0. The molecule has 1 aromatic heterocycles. The van der Waals surface area contributed by atoms with Crippen LogP contribution in [0.25, 0.3) is 11.0 Å². The average Bonchev–Trinajstić information content (AvgIpc) is 2.38. The van der Waals surface area contributed by atoms with Crippen LogP contribution in [0.4, 0.5) is 0 Å². The van der Waals surface area contributed by atoms with Crippen molar-refractivity contribution in [1.82, 2.24) is 9.97 Å². The highest BCUT2D eigenvalue weighted by Gasteiger charge is 2.08. The van der Waals surface area contributed by atoms with Crippen molar-refractivity contribution in [3.63, 3.8) is 0 Å². The summed E-state index contributed by atoms with van der Waals surface area (Å²) in [5.41, 5.74) is 2.10. The lowest BCUT2D eigenvalue weighted by Gasteiger charge is -2.01. The van der Waals surface area contributed by atoms with Crippen LogP contribution in [-0.2, 0) is 0 Å². The van der Waals surface area contributed by atoms with Crippen LogP contribution in [0.15, 0.2) is 30.5 Å². The summed E-state index contributed by atoms with van der Waals surface area (Å²) in [6.45, 7) is 2.13. The summed E-state index contributed by atoms with van der Waals surface area (Å²) >= 11 is 0. The third kappa shape index (κ3) is 2.87. The molecule has 0 bridgehead atoms. The molecule has 0 spiro atoms. The zero-order chi connectivity index (χ0) is 12.1. The fourth-order valence-corrected chi connectivity index (χ4v) is 1.76. The van der Waals surface area contributed by atoms with Crippen molar-refractivity contribution < 1.29 is 4.79 Å². The SMILES string of the molecule is CCCCCC(=O)c1cnc2ccccc2n1. The van der Waals surface area contributed by atoms with Gasteiger partial charge in [-0.15, -0.1) is 0 Å². The van der Waals surface area contributed by atoms with Crippen LogP contribution >= 0.6 is 0 Å². The quantitative estimate of drug-likeness (QED) is 0.582. The summed E-state index contributed by atoms with van der Waals surface area (Å²) in [5, 5.41) is 0.